The standard InChI is InChI=1S/C20H28N2O3.C12H26N2O/c1-3-14-8-7-9-15(4-2)21(14)12-16(23)13-22-19(24)17-10-5-6-11-18(17)20(22)25;1-3-10-6-5-7-11(4-2)14(10)9-12(15)8-13/h5-6,10-11,14-16,23H,3-4,7-9,12-13H2,1-2H3;10-12,15H,3-9,13H2,1-2H3/t14-,15+,16-;10-,11+,12-/m10/s1. The van der Waals surface area contributed by atoms with Gasteiger partial charge in [-0.1, -0.05) is 52.7 Å². The predicted octanol–water partition coefficient (Wildman–Crippen LogP) is 4.04. The van der Waals surface area contributed by atoms with Crippen LogP contribution < -0.4 is 5.73 Å². The fraction of sp³-hybridized carbons (Fsp3) is 0.750. The maximum Gasteiger partial charge on any atom is 0.261 e. The van der Waals surface area contributed by atoms with Crippen molar-refractivity contribution in [2.45, 2.75) is 128 Å². The monoisotopic (exact) mass is 558 g/mol. The van der Waals surface area contributed by atoms with Crippen LogP contribution in [0, 0.1) is 0 Å². The van der Waals surface area contributed by atoms with Crippen molar-refractivity contribution in [1.29, 1.82) is 0 Å². The van der Waals surface area contributed by atoms with Crippen molar-refractivity contribution in [2.75, 3.05) is 26.2 Å². The van der Waals surface area contributed by atoms with E-state index < -0.39 is 6.10 Å². The van der Waals surface area contributed by atoms with Crippen molar-refractivity contribution in [2.24, 2.45) is 5.73 Å². The summed E-state index contributed by atoms with van der Waals surface area (Å²) in [6.07, 6.45) is 10.9. The van der Waals surface area contributed by atoms with Crippen molar-refractivity contribution in [3.05, 3.63) is 35.4 Å². The van der Waals surface area contributed by atoms with Crippen molar-refractivity contribution in [3.8, 4) is 0 Å². The van der Waals surface area contributed by atoms with Crippen LogP contribution in [0.1, 0.15) is 113 Å². The minimum Gasteiger partial charge on any atom is -0.390 e. The van der Waals surface area contributed by atoms with E-state index in [1.807, 2.05) is 0 Å². The molecule has 0 bridgehead atoms. The van der Waals surface area contributed by atoms with Crippen LogP contribution >= 0.6 is 0 Å². The maximum atomic E-state index is 12.5. The largest absolute Gasteiger partial charge is 0.390 e. The smallest absolute Gasteiger partial charge is 0.261 e. The Morgan fingerprint density at radius 1 is 0.700 bits per heavy atom. The molecule has 0 aromatic heterocycles. The van der Waals surface area contributed by atoms with E-state index in [0.29, 0.717) is 48.4 Å². The van der Waals surface area contributed by atoms with Gasteiger partial charge < -0.3 is 15.9 Å². The lowest BCUT2D eigenvalue weighted by Gasteiger charge is -2.43. The second-order valence-corrected chi connectivity index (χ2v) is 11.8. The number of aliphatic hydroxyl groups is 2. The lowest BCUT2D eigenvalue weighted by Crippen LogP contribution is -2.51. The zero-order valence-electron chi connectivity index (χ0n) is 25.3. The number of hydrogen-bond donors (Lipinski definition) is 3. The number of aliphatic hydroxyl groups excluding tert-OH is 2. The van der Waals surface area contributed by atoms with E-state index in [-0.39, 0.29) is 24.5 Å². The molecule has 6 atom stereocenters. The van der Waals surface area contributed by atoms with Crippen LogP contribution in [0.25, 0.3) is 0 Å². The highest BCUT2D eigenvalue weighted by Crippen LogP contribution is 2.29. The maximum absolute atomic E-state index is 12.5. The Morgan fingerprint density at radius 2 is 1.07 bits per heavy atom. The molecule has 1 aromatic carbocycles. The highest BCUT2D eigenvalue weighted by atomic mass is 16.3. The zero-order chi connectivity index (χ0) is 29.2. The summed E-state index contributed by atoms with van der Waals surface area (Å²) in [5.74, 6) is -0.588. The second-order valence-electron chi connectivity index (χ2n) is 11.8. The van der Waals surface area contributed by atoms with Crippen molar-refractivity contribution in [3.63, 3.8) is 0 Å². The number of imide groups is 1. The van der Waals surface area contributed by atoms with Gasteiger partial charge in [0, 0.05) is 43.8 Å². The molecule has 4 N–H and O–H groups in total. The van der Waals surface area contributed by atoms with Crippen LogP contribution in [0.4, 0.5) is 0 Å². The summed E-state index contributed by atoms with van der Waals surface area (Å²) in [5.41, 5.74) is 6.37. The molecule has 0 unspecified atom stereocenters. The summed E-state index contributed by atoms with van der Waals surface area (Å²) in [5, 5.41) is 20.3. The molecule has 3 aliphatic heterocycles. The third kappa shape index (κ3) is 7.91. The number of nitrogens with two attached hydrogens (primary N) is 1. The van der Waals surface area contributed by atoms with Crippen LogP contribution in [0.15, 0.2) is 24.3 Å². The fourth-order valence-electron chi connectivity index (χ4n) is 7.02. The van der Waals surface area contributed by atoms with E-state index in [1.54, 1.807) is 24.3 Å². The number of rotatable bonds is 11. The summed E-state index contributed by atoms with van der Waals surface area (Å²) < 4.78 is 0. The first kappa shape index (κ1) is 32.7. The molecule has 2 amide bonds. The Balaban J connectivity index is 0.000000252. The quantitative estimate of drug-likeness (QED) is 0.352. The predicted molar refractivity (Wildman–Crippen MR) is 160 cm³/mol. The molecule has 3 heterocycles. The molecule has 0 radical (unpaired) electrons. The Labute approximate surface area is 241 Å². The Bertz CT molecular complexity index is 884. The zero-order valence-corrected chi connectivity index (χ0v) is 25.3. The van der Waals surface area contributed by atoms with Gasteiger partial charge in [0.05, 0.1) is 29.9 Å². The molecular formula is C32H54N4O4. The number of piperidine rings is 2. The summed E-state index contributed by atoms with van der Waals surface area (Å²) >= 11 is 0. The molecule has 8 nitrogen and oxygen atoms in total. The van der Waals surface area contributed by atoms with Gasteiger partial charge in [0.1, 0.15) is 0 Å². The van der Waals surface area contributed by atoms with Gasteiger partial charge in [0.25, 0.3) is 11.8 Å². The van der Waals surface area contributed by atoms with E-state index >= 15 is 0 Å². The van der Waals surface area contributed by atoms with Crippen molar-refractivity contribution >= 4 is 11.8 Å². The number of carbonyl (C=O) groups is 2. The van der Waals surface area contributed by atoms with Crippen molar-refractivity contribution < 1.29 is 19.8 Å². The average Bonchev–Trinajstić information content (AvgIpc) is 3.22. The SMILES string of the molecule is CC[C@@H]1CCC[C@H](CC)N1C[C@@H](O)CN.CC[C@@H]1CCC[C@H](CC)N1C[C@@H](O)CN1C(=O)c2ccccc2C1=O. The number of amides is 2. The van der Waals surface area contributed by atoms with E-state index in [2.05, 4.69) is 37.5 Å². The lowest BCUT2D eigenvalue weighted by atomic mass is 9.92. The lowest BCUT2D eigenvalue weighted by molar-refractivity contribution is 0.0136. The van der Waals surface area contributed by atoms with Gasteiger partial charge in [-0.3, -0.25) is 24.3 Å². The Morgan fingerprint density at radius 3 is 1.43 bits per heavy atom. The van der Waals surface area contributed by atoms with Gasteiger partial charge in [-0.25, -0.2) is 0 Å². The molecule has 0 saturated carbocycles. The fourth-order valence-corrected chi connectivity index (χ4v) is 7.02. The second kappa shape index (κ2) is 16.0. The molecule has 8 heteroatoms. The number of carbonyl (C=O) groups excluding carboxylic acids is 2. The molecule has 0 aliphatic carbocycles. The minimum atomic E-state index is -0.719. The molecular weight excluding hydrogens is 504 g/mol. The average molecular weight is 559 g/mol. The minimum absolute atomic E-state index is 0.0652. The van der Waals surface area contributed by atoms with Gasteiger partial charge in [0.2, 0.25) is 0 Å². The van der Waals surface area contributed by atoms with E-state index in [4.69, 9.17) is 5.73 Å². The summed E-state index contributed by atoms with van der Waals surface area (Å²) in [7, 11) is 0. The number of β-amino-alcohol motifs (C(OH)–C–C–N with tert-alkyl or cyclic N) is 2. The number of hydrogen-bond acceptors (Lipinski definition) is 7. The van der Waals surface area contributed by atoms with Gasteiger partial charge in [0.15, 0.2) is 0 Å². The first-order valence-corrected chi connectivity index (χ1v) is 15.8. The molecule has 3 aliphatic rings. The highest BCUT2D eigenvalue weighted by Gasteiger charge is 2.37. The Hall–Kier alpha value is -1.84. The molecule has 4 rings (SSSR count). The van der Waals surface area contributed by atoms with Crippen LogP contribution in [0.5, 0.6) is 0 Å². The third-order valence-corrected chi connectivity index (χ3v) is 9.30. The summed E-state index contributed by atoms with van der Waals surface area (Å²) in [6, 6.07) is 9.14. The van der Waals surface area contributed by atoms with Crippen LogP contribution in [0.3, 0.4) is 0 Å². The molecule has 2 fully saturated rings. The first-order chi connectivity index (χ1) is 19.3. The molecule has 1 aromatic rings. The number of benzene rings is 1. The van der Waals surface area contributed by atoms with Gasteiger partial charge in [-0.05, 0) is 63.5 Å². The van der Waals surface area contributed by atoms with E-state index in [1.165, 1.54) is 43.4 Å². The van der Waals surface area contributed by atoms with E-state index in [0.717, 1.165) is 32.2 Å². The number of nitrogens with zero attached hydrogens (tertiary/aromatic N) is 3. The number of fused-ring (bicyclic) bond motifs is 1. The van der Waals surface area contributed by atoms with Crippen LogP contribution in [-0.2, 0) is 0 Å². The molecule has 0 spiro atoms. The summed E-state index contributed by atoms with van der Waals surface area (Å²) in [6.45, 7) is 10.6. The third-order valence-electron chi connectivity index (χ3n) is 9.30. The highest BCUT2D eigenvalue weighted by molar-refractivity contribution is 6.21. The van der Waals surface area contributed by atoms with Gasteiger partial charge in [-0.2, -0.15) is 0 Å². The van der Waals surface area contributed by atoms with E-state index in [9.17, 15) is 19.8 Å². The normalized spacial score (nSPS) is 27.2. The summed E-state index contributed by atoms with van der Waals surface area (Å²) in [4.78, 5) is 31.0. The van der Waals surface area contributed by atoms with Gasteiger partial charge >= 0.3 is 0 Å². The molecule has 226 valence electrons. The first-order valence-electron chi connectivity index (χ1n) is 15.8. The Kier molecular flexibility index (Phi) is 13.0. The molecule has 2 saturated heterocycles. The van der Waals surface area contributed by atoms with Crippen molar-refractivity contribution in [1.82, 2.24) is 14.7 Å². The van der Waals surface area contributed by atoms with Crippen LogP contribution in [0.2, 0.25) is 0 Å². The van der Waals surface area contributed by atoms with Gasteiger partial charge in [-0.15, -0.1) is 0 Å². The van der Waals surface area contributed by atoms with Crippen LogP contribution in [-0.4, -0.2) is 99.3 Å². The molecule has 40 heavy (non-hydrogen) atoms. The number of likely N-dealkylation sites (tertiary alicyclic amines) is 2. The topological polar surface area (TPSA) is 110 Å².